The van der Waals surface area contributed by atoms with Gasteiger partial charge in [-0.1, -0.05) is 6.42 Å². The average Bonchev–Trinajstić information content (AvgIpc) is 2.18. The molecule has 1 saturated carbocycles. The number of hydrogen-bond acceptors (Lipinski definition) is 2. The second-order valence-corrected chi connectivity index (χ2v) is 4.57. The first-order chi connectivity index (χ1) is 6.77. The lowest BCUT2D eigenvalue weighted by Crippen LogP contribution is -2.94. The van der Waals surface area contributed by atoms with E-state index >= 15 is 0 Å². The molecule has 2 fully saturated rings. The minimum Gasteiger partial charge on any atom is -0.462 e. The van der Waals surface area contributed by atoms with Gasteiger partial charge in [0.15, 0.2) is 0 Å². The van der Waals surface area contributed by atoms with Crippen LogP contribution in [0.5, 0.6) is 0 Å². The Bertz CT molecular complexity index is 215. The van der Waals surface area contributed by atoms with Gasteiger partial charge in [0.1, 0.15) is 6.10 Å². The normalized spacial score (nSPS) is 37.4. The molecule has 1 saturated heterocycles. The maximum Gasteiger partial charge on any atom is 0.302 e. The molecule has 1 aliphatic heterocycles. The molecule has 0 aromatic heterocycles. The van der Waals surface area contributed by atoms with Crippen LogP contribution in [0.4, 0.5) is 0 Å². The Hall–Kier alpha value is -0.570. The number of carbonyl (C=O) groups is 1. The first-order valence-corrected chi connectivity index (χ1v) is 5.78. The number of fused-ring (bicyclic) bond motifs is 1. The van der Waals surface area contributed by atoms with Crippen molar-refractivity contribution in [2.24, 2.45) is 5.92 Å². The molecule has 2 N–H and O–H groups in total. The summed E-state index contributed by atoms with van der Waals surface area (Å²) in [5.74, 6) is 0.516. The highest BCUT2D eigenvalue weighted by Crippen LogP contribution is 2.29. The number of esters is 1. The summed E-state index contributed by atoms with van der Waals surface area (Å²) in [6, 6.07) is 0.724. The van der Waals surface area contributed by atoms with E-state index in [4.69, 9.17) is 4.74 Å². The number of rotatable bonds is 1. The van der Waals surface area contributed by atoms with Gasteiger partial charge in [0.25, 0.3) is 0 Å². The molecule has 1 aliphatic carbocycles. The Morgan fingerprint density at radius 3 is 2.86 bits per heavy atom. The fourth-order valence-corrected chi connectivity index (χ4v) is 2.99. The van der Waals surface area contributed by atoms with Gasteiger partial charge < -0.3 is 10.1 Å². The molecule has 3 nitrogen and oxygen atoms in total. The Labute approximate surface area is 85.2 Å². The number of nitrogens with two attached hydrogens (primary N) is 1. The summed E-state index contributed by atoms with van der Waals surface area (Å²) in [5.41, 5.74) is 0. The summed E-state index contributed by atoms with van der Waals surface area (Å²) in [5, 5.41) is 2.45. The monoisotopic (exact) mass is 198 g/mol. The highest BCUT2D eigenvalue weighted by molar-refractivity contribution is 5.66. The average molecular weight is 198 g/mol. The van der Waals surface area contributed by atoms with Gasteiger partial charge in [0.05, 0.1) is 12.6 Å². The van der Waals surface area contributed by atoms with E-state index in [1.54, 1.807) is 0 Å². The molecule has 0 aromatic rings. The lowest BCUT2D eigenvalue weighted by Gasteiger charge is -2.38. The summed E-state index contributed by atoms with van der Waals surface area (Å²) < 4.78 is 5.40. The molecule has 0 bridgehead atoms. The second kappa shape index (κ2) is 4.30. The second-order valence-electron chi connectivity index (χ2n) is 4.57. The molecule has 3 heteroatoms. The molecule has 2 aliphatic rings. The van der Waals surface area contributed by atoms with Crippen LogP contribution in [0.3, 0.4) is 0 Å². The van der Waals surface area contributed by atoms with E-state index in [0.717, 1.165) is 19.0 Å². The summed E-state index contributed by atoms with van der Waals surface area (Å²) in [6.45, 7) is 2.65. The zero-order chi connectivity index (χ0) is 9.97. The lowest BCUT2D eigenvalue weighted by atomic mass is 9.78. The van der Waals surface area contributed by atoms with Gasteiger partial charge in [0.2, 0.25) is 0 Å². The number of carbonyl (C=O) groups excluding carboxylic acids is 1. The zero-order valence-electron chi connectivity index (χ0n) is 8.87. The fraction of sp³-hybridized carbons (Fsp3) is 0.909. The van der Waals surface area contributed by atoms with Crippen LogP contribution in [-0.4, -0.2) is 24.7 Å². The van der Waals surface area contributed by atoms with Gasteiger partial charge in [-0.15, -0.1) is 0 Å². The largest absolute Gasteiger partial charge is 0.462 e. The maximum absolute atomic E-state index is 11.0. The summed E-state index contributed by atoms with van der Waals surface area (Å²) >= 11 is 0. The van der Waals surface area contributed by atoms with Gasteiger partial charge in [0, 0.05) is 19.3 Å². The van der Waals surface area contributed by atoms with Crippen LogP contribution < -0.4 is 5.32 Å². The third-order valence-electron chi connectivity index (χ3n) is 3.59. The van der Waals surface area contributed by atoms with Crippen molar-refractivity contribution in [3.63, 3.8) is 0 Å². The summed E-state index contributed by atoms with van der Waals surface area (Å²) in [6.07, 6.45) is 6.47. The minimum absolute atomic E-state index is 0.110. The van der Waals surface area contributed by atoms with Crippen LogP contribution in [0.25, 0.3) is 0 Å². The van der Waals surface area contributed by atoms with Crippen molar-refractivity contribution >= 4 is 5.97 Å². The minimum atomic E-state index is -0.110. The number of piperidine rings is 1. The Morgan fingerprint density at radius 2 is 2.07 bits per heavy atom. The van der Waals surface area contributed by atoms with E-state index < -0.39 is 0 Å². The van der Waals surface area contributed by atoms with E-state index in [-0.39, 0.29) is 12.1 Å². The van der Waals surface area contributed by atoms with Crippen molar-refractivity contribution in [1.82, 2.24) is 0 Å². The standard InChI is InChI=1S/C11H19NO2/c1-8(13)14-11-6-7-12-10-5-3-2-4-9(10)11/h9-12H,2-7H2,1H3/p+1/t9-,10+,11-/m0/s1. The van der Waals surface area contributed by atoms with Crippen molar-refractivity contribution in [2.75, 3.05) is 6.54 Å². The van der Waals surface area contributed by atoms with Gasteiger partial charge >= 0.3 is 5.97 Å². The van der Waals surface area contributed by atoms with Crippen molar-refractivity contribution < 1.29 is 14.8 Å². The molecule has 0 unspecified atom stereocenters. The van der Waals surface area contributed by atoms with Crippen molar-refractivity contribution in [3.05, 3.63) is 0 Å². The third-order valence-corrected chi connectivity index (χ3v) is 3.59. The van der Waals surface area contributed by atoms with Crippen LogP contribution in [-0.2, 0) is 9.53 Å². The maximum atomic E-state index is 11.0. The molecule has 0 amide bonds. The highest BCUT2D eigenvalue weighted by atomic mass is 16.5. The molecule has 2 rings (SSSR count). The van der Waals surface area contributed by atoms with E-state index in [9.17, 15) is 4.79 Å². The molecule has 1 heterocycles. The lowest BCUT2D eigenvalue weighted by molar-refractivity contribution is -0.710. The topological polar surface area (TPSA) is 42.9 Å². The van der Waals surface area contributed by atoms with Crippen LogP contribution in [0.1, 0.15) is 39.0 Å². The molecule has 0 aromatic carbocycles. The Balaban J connectivity index is 1.97. The molecule has 3 atom stereocenters. The third kappa shape index (κ3) is 2.08. The molecule has 0 radical (unpaired) electrons. The summed E-state index contributed by atoms with van der Waals surface area (Å²) in [4.78, 5) is 11.0. The predicted molar refractivity (Wildman–Crippen MR) is 52.7 cm³/mol. The fourth-order valence-electron chi connectivity index (χ4n) is 2.99. The molecule has 14 heavy (non-hydrogen) atoms. The van der Waals surface area contributed by atoms with Gasteiger partial charge in [-0.2, -0.15) is 0 Å². The van der Waals surface area contributed by atoms with Gasteiger partial charge in [-0.3, -0.25) is 4.79 Å². The van der Waals surface area contributed by atoms with E-state index in [1.807, 2.05) is 0 Å². The van der Waals surface area contributed by atoms with Crippen molar-refractivity contribution in [1.29, 1.82) is 0 Å². The van der Waals surface area contributed by atoms with Crippen molar-refractivity contribution in [2.45, 2.75) is 51.2 Å². The Morgan fingerprint density at radius 1 is 1.29 bits per heavy atom. The van der Waals surface area contributed by atoms with Crippen molar-refractivity contribution in [3.8, 4) is 0 Å². The van der Waals surface area contributed by atoms with Crippen LogP contribution in [0.15, 0.2) is 0 Å². The first-order valence-electron chi connectivity index (χ1n) is 5.78. The van der Waals surface area contributed by atoms with E-state index in [0.29, 0.717) is 5.92 Å². The highest BCUT2D eigenvalue weighted by Gasteiger charge is 2.39. The van der Waals surface area contributed by atoms with Gasteiger partial charge in [-0.05, 0) is 19.3 Å². The molecule has 0 spiro atoms. The molecular formula is C11H20NO2+. The first kappa shape index (κ1) is 9.97. The number of hydrogen-bond donors (Lipinski definition) is 1. The number of quaternary nitrogens is 1. The SMILES string of the molecule is CC(=O)O[C@H]1CC[NH2+][C@@H]2CCCC[C@H]12. The smallest absolute Gasteiger partial charge is 0.302 e. The van der Waals surface area contributed by atoms with Crippen LogP contribution >= 0.6 is 0 Å². The number of ether oxygens (including phenoxy) is 1. The van der Waals surface area contributed by atoms with Gasteiger partial charge in [-0.25, -0.2) is 0 Å². The van der Waals surface area contributed by atoms with E-state index in [1.165, 1.54) is 32.6 Å². The van der Waals surface area contributed by atoms with Crippen LogP contribution in [0.2, 0.25) is 0 Å². The zero-order valence-corrected chi connectivity index (χ0v) is 8.87. The predicted octanol–water partition coefficient (Wildman–Crippen LogP) is 0.444. The van der Waals surface area contributed by atoms with Crippen LogP contribution in [0, 0.1) is 5.92 Å². The molecular weight excluding hydrogens is 178 g/mol. The quantitative estimate of drug-likeness (QED) is 0.621. The van der Waals surface area contributed by atoms with E-state index in [2.05, 4.69) is 5.32 Å². The molecule has 80 valence electrons. The summed E-state index contributed by atoms with van der Waals surface area (Å²) in [7, 11) is 0. The Kier molecular flexibility index (Phi) is 3.06.